The van der Waals surface area contributed by atoms with Gasteiger partial charge in [-0.3, -0.25) is 4.40 Å². The minimum atomic E-state index is -5.08. The molecule has 3 rings (SSSR count). The summed E-state index contributed by atoms with van der Waals surface area (Å²) in [5.41, 5.74) is 7.13. The number of alkyl halides is 3. The average molecular weight is 330 g/mol. The van der Waals surface area contributed by atoms with Gasteiger partial charge in [-0.05, 0) is 25.0 Å². The minimum absolute atomic E-state index is 0.282. The summed E-state index contributed by atoms with van der Waals surface area (Å²) in [5, 5.41) is 7.12. The van der Waals surface area contributed by atoms with E-state index in [4.69, 9.17) is 15.6 Å². The van der Waals surface area contributed by atoms with Gasteiger partial charge in [0, 0.05) is 25.3 Å². The fraction of sp³-hybridized carbons (Fsp3) is 0.429. The first kappa shape index (κ1) is 17.1. The van der Waals surface area contributed by atoms with Crippen molar-refractivity contribution in [3.8, 4) is 0 Å². The first-order valence-electron chi connectivity index (χ1n) is 7.02. The Balaban J connectivity index is 0.000000236. The van der Waals surface area contributed by atoms with Crippen LogP contribution in [0.2, 0.25) is 0 Å². The zero-order valence-corrected chi connectivity index (χ0v) is 12.2. The molecule has 23 heavy (non-hydrogen) atoms. The maximum atomic E-state index is 10.6. The van der Waals surface area contributed by atoms with Crippen LogP contribution >= 0.6 is 0 Å². The predicted molar refractivity (Wildman–Crippen MR) is 78.3 cm³/mol. The van der Waals surface area contributed by atoms with Gasteiger partial charge in [-0.1, -0.05) is 6.07 Å². The fourth-order valence-electron chi connectivity index (χ4n) is 2.36. The number of hydrogen-bond donors (Lipinski definition) is 2. The van der Waals surface area contributed by atoms with Gasteiger partial charge < -0.3 is 15.7 Å². The van der Waals surface area contributed by atoms with Crippen molar-refractivity contribution in [3.63, 3.8) is 0 Å². The highest BCUT2D eigenvalue weighted by Gasteiger charge is 2.38. The Morgan fingerprint density at radius 3 is 2.70 bits per heavy atom. The molecule has 0 aliphatic carbocycles. The van der Waals surface area contributed by atoms with Crippen molar-refractivity contribution in [1.82, 2.24) is 9.38 Å². The summed E-state index contributed by atoms with van der Waals surface area (Å²) < 4.78 is 33.9. The number of carbonyl (C=O) groups is 1. The molecule has 0 bridgehead atoms. The average Bonchev–Trinajstić information content (AvgIpc) is 2.91. The molecule has 1 saturated heterocycles. The second-order valence-electron chi connectivity index (χ2n) is 5.20. The van der Waals surface area contributed by atoms with Crippen LogP contribution in [0.25, 0.3) is 5.52 Å². The number of carboxylic acid groups (broad SMARTS) is 1. The van der Waals surface area contributed by atoms with E-state index in [1.54, 1.807) is 0 Å². The van der Waals surface area contributed by atoms with Crippen molar-refractivity contribution in [2.75, 3.05) is 18.0 Å². The molecular weight excluding hydrogens is 313 g/mol. The van der Waals surface area contributed by atoms with Gasteiger partial charge in [0.1, 0.15) is 0 Å². The normalized spacial score (nSPS) is 18.4. The lowest BCUT2D eigenvalue weighted by Gasteiger charge is -2.31. The number of hydrogen-bond acceptors (Lipinski definition) is 4. The van der Waals surface area contributed by atoms with Crippen LogP contribution < -0.4 is 10.6 Å². The fourth-order valence-corrected chi connectivity index (χ4v) is 2.36. The maximum Gasteiger partial charge on any atom is 0.490 e. The molecule has 3 N–H and O–H groups in total. The van der Waals surface area contributed by atoms with E-state index in [0.29, 0.717) is 0 Å². The quantitative estimate of drug-likeness (QED) is 0.834. The molecule has 1 atom stereocenters. The summed E-state index contributed by atoms with van der Waals surface area (Å²) in [6.07, 6.45) is 1.16. The van der Waals surface area contributed by atoms with Crippen molar-refractivity contribution in [2.24, 2.45) is 5.73 Å². The maximum absolute atomic E-state index is 10.6. The van der Waals surface area contributed by atoms with E-state index in [1.807, 2.05) is 18.3 Å². The van der Waals surface area contributed by atoms with Crippen LogP contribution in [0, 0.1) is 0 Å². The van der Waals surface area contributed by atoms with Crippen LogP contribution in [0.3, 0.4) is 0 Å². The SMILES string of the molecule is N[C@@H]1CCCN(c2ncc3ccccn23)C1.O=C(O)C(F)(F)F. The van der Waals surface area contributed by atoms with Crippen LogP contribution in [-0.4, -0.2) is 45.8 Å². The lowest BCUT2D eigenvalue weighted by atomic mass is 10.1. The molecule has 1 aliphatic heterocycles. The molecule has 0 aromatic carbocycles. The van der Waals surface area contributed by atoms with E-state index in [0.717, 1.165) is 37.4 Å². The Morgan fingerprint density at radius 1 is 1.39 bits per heavy atom. The van der Waals surface area contributed by atoms with Gasteiger partial charge in [-0.25, -0.2) is 9.78 Å². The molecule has 1 aliphatic rings. The van der Waals surface area contributed by atoms with Crippen LogP contribution in [0.15, 0.2) is 30.6 Å². The van der Waals surface area contributed by atoms with Gasteiger partial charge in [-0.15, -0.1) is 0 Å². The molecular formula is C14H17F3N4O2. The molecule has 0 radical (unpaired) electrons. The number of carboxylic acids is 1. The summed E-state index contributed by atoms with van der Waals surface area (Å²) in [5.74, 6) is -1.74. The van der Waals surface area contributed by atoms with Gasteiger partial charge in [0.25, 0.3) is 0 Å². The second kappa shape index (κ2) is 6.86. The molecule has 9 heteroatoms. The standard InChI is InChI=1S/C12H16N4.C2HF3O2/c13-10-4-3-6-15(9-10)12-14-8-11-5-1-2-7-16(11)12;3-2(4,5)1(6)7/h1-2,5,7-8,10H,3-4,6,9,13H2;(H,6,7)/t10-;/m1./s1. The largest absolute Gasteiger partial charge is 0.490 e. The molecule has 1 fully saturated rings. The number of fused-ring (bicyclic) bond motifs is 1. The monoisotopic (exact) mass is 330 g/mol. The van der Waals surface area contributed by atoms with Crippen LogP contribution in [0.4, 0.5) is 19.1 Å². The van der Waals surface area contributed by atoms with Crippen LogP contribution in [0.1, 0.15) is 12.8 Å². The minimum Gasteiger partial charge on any atom is -0.475 e. The lowest BCUT2D eigenvalue weighted by molar-refractivity contribution is -0.192. The van der Waals surface area contributed by atoms with Crippen molar-refractivity contribution in [2.45, 2.75) is 25.1 Å². The van der Waals surface area contributed by atoms with Gasteiger partial charge in [0.05, 0.1) is 11.7 Å². The van der Waals surface area contributed by atoms with Crippen molar-refractivity contribution >= 4 is 17.4 Å². The summed E-state index contributed by atoms with van der Waals surface area (Å²) in [7, 11) is 0. The second-order valence-corrected chi connectivity index (χ2v) is 5.20. The third kappa shape index (κ3) is 4.35. The number of rotatable bonds is 1. The highest BCUT2D eigenvalue weighted by Crippen LogP contribution is 2.19. The molecule has 126 valence electrons. The zero-order valence-electron chi connectivity index (χ0n) is 12.2. The number of aliphatic carboxylic acids is 1. The summed E-state index contributed by atoms with van der Waals surface area (Å²) in [6.45, 7) is 1.97. The van der Waals surface area contributed by atoms with E-state index in [9.17, 15) is 13.2 Å². The van der Waals surface area contributed by atoms with Crippen molar-refractivity contribution in [3.05, 3.63) is 30.6 Å². The molecule has 6 nitrogen and oxygen atoms in total. The number of pyridine rings is 1. The Labute approximate surface area is 130 Å². The van der Waals surface area contributed by atoms with E-state index < -0.39 is 12.1 Å². The van der Waals surface area contributed by atoms with Gasteiger partial charge >= 0.3 is 12.1 Å². The molecule has 0 amide bonds. The molecule has 0 unspecified atom stereocenters. The van der Waals surface area contributed by atoms with Crippen molar-refractivity contribution < 1.29 is 23.1 Å². The zero-order chi connectivity index (χ0) is 17.0. The topological polar surface area (TPSA) is 83.9 Å². The number of nitrogens with two attached hydrogens (primary N) is 1. The number of imidazole rings is 1. The van der Waals surface area contributed by atoms with E-state index in [-0.39, 0.29) is 6.04 Å². The Hall–Kier alpha value is -2.29. The van der Waals surface area contributed by atoms with Gasteiger partial charge in [-0.2, -0.15) is 13.2 Å². The van der Waals surface area contributed by atoms with Crippen LogP contribution in [0.5, 0.6) is 0 Å². The molecule has 2 aromatic heterocycles. The van der Waals surface area contributed by atoms with Gasteiger partial charge in [0.2, 0.25) is 5.95 Å². The first-order chi connectivity index (χ1) is 10.8. The lowest BCUT2D eigenvalue weighted by Crippen LogP contribution is -2.43. The van der Waals surface area contributed by atoms with E-state index in [1.165, 1.54) is 0 Å². The Kier molecular flexibility index (Phi) is 5.09. The van der Waals surface area contributed by atoms with E-state index in [2.05, 4.69) is 26.5 Å². The summed E-state index contributed by atoms with van der Waals surface area (Å²) >= 11 is 0. The molecule has 2 aromatic rings. The molecule has 3 heterocycles. The predicted octanol–water partition coefficient (Wildman–Crippen LogP) is 1.90. The number of halogens is 3. The number of nitrogens with zero attached hydrogens (tertiary/aromatic N) is 3. The van der Waals surface area contributed by atoms with Crippen LogP contribution in [-0.2, 0) is 4.79 Å². The number of piperidine rings is 1. The van der Waals surface area contributed by atoms with E-state index >= 15 is 0 Å². The number of aromatic nitrogens is 2. The third-order valence-electron chi connectivity index (χ3n) is 3.40. The Bertz CT molecular complexity index is 671. The smallest absolute Gasteiger partial charge is 0.475 e. The highest BCUT2D eigenvalue weighted by molar-refractivity contribution is 5.73. The first-order valence-corrected chi connectivity index (χ1v) is 7.02. The molecule has 0 spiro atoms. The highest BCUT2D eigenvalue weighted by atomic mass is 19.4. The van der Waals surface area contributed by atoms with Gasteiger partial charge in [0.15, 0.2) is 0 Å². The third-order valence-corrected chi connectivity index (χ3v) is 3.40. The summed E-state index contributed by atoms with van der Waals surface area (Å²) in [4.78, 5) is 15.7. The summed E-state index contributed by atoms with van der Waals surface area (Å²) in [6, 6.07) is 6.41. The molecule has 0 saturated carbocycles. The Morgan fingerprint density at radius 2 is 2.09 bits per heavy atom. The number of anilines is 1. The van der Waals surface area contributed by atoms with Crippen molar-refractivity contribution in [1.29, 1.82) is 0 Å².